The summed E-state index contributed by atoms with van der Waals surface area (Å²) in [6.45, 7) is 7.95. The number of carbonyl (C=O) groups excluding carboxylic acids is 2. The SMILES string of the molecule is CCCCC/C=C\C/C=C\CCCCCCCC(=O)OCCCC(CCCCCCC(=O)OC/C=C/CCCCCCC)NCCN(C)CCO. The first-order chi connectivity index (χ1) is 25.0. The number of hydrogen-bond donors (Lipinski definition) is 2. The number of likely N-dealkylation sites (N-methyl/N-ethyl adjacent to an activating group) is 1. The Bertz CT molecular complexity index is 843. The van der Waals surface area contributed by atoms with Gasteiger partial charge in [-0.2, -0.15) is 0 Å². The number of ether oxygens (including phenoxy) is 2. The molecule has 2 N–H and O–H groups in total. The highest BCUT2D eigenvalue weighted by Crippen LogP contribution is 2.13. The molecule has 0 saturated carbocycles. The molecule has 0 spiro atoms. The van der Waals surface area contributed by atoms with Crippen molar-refractivity contribution in [1.29, 1.82) is 0 Å². The molecular formula is C44H82N2O5. The van der Waals surface area contributed by atoms with E-state index in [4.69, 9.17) is 9.47 Å². The molecule has 0 aromatic rings. The van der Waals surface area contributed by atoms with Crippen molar-refractivity contribution in [2.75, 3.05) is 46.5 Å². The largest absolute Gasteiger partial charge is 0.466 e. The summed E-state index contributed by atoms with van der Waals surface area (Å²) in [5.74, 6) is -0.165. The lowest BCUT2D eigenvalue weighted by Gasteiger charge is -2.21. The molecule has 0 heterocycles. The predicted molar refractivity (Wildman–Crippen MR) is 217 cm³/mol. The van der Waals surface area contributed by atoms with Gasteiger partial charge < -0.3 is 24.8 Å². The average Bonchev–Trinajstić information content (AvgIpc) is 3.12. The lowest BCUT2D eigenvalue weighted by atomic mass is 10.0. The quantitative estimate of drug-likeness (QED) is 0.0372. The molecule has 51 heavy (non-hydrogen) atoms. The van der Waals surface area contributed by atoms with Crippen molar-refractivity contribution in [3.05, 3.63) is 36.5 Å². The highest BCUT2D eigenvalue weighted by molar-refractivity contribution is 5.69. The van der Waals surface area contributed by atoms with Crippen LogP contribution < -0.4 is 5.32 Å². The van der Waals surface area contributed by atoms with E-state index in [0.29, 0.717) is 38.6 Å². The summed E-state index contributed by atoms with van der Waals surface area (Å²) in [5.41, 5.74) is 0. The molecule has 0 aliphatic heterocycles. The van der Waals surface area contributed by atoms with Crippen molar-refractivity contribution < 1.29 is 24.2 Å². The van der Waals surface area contributed by atoms with E-state index in [9.17, 15) is 14.7 Å². The van der Waals surface area contributed by atoms with Crippen LogP contribution in [-0.4, -0.2) is 74.5 Å². The maximum atomic E-state index is 12.3. The average molecular weight is 719 g/mol. The van der Waals surface area contributed by atoms with Crippen LogP contribution in [0.25, 0.3) is 0 Å². The number of aliphatic hydroxyl groups excluding tert-OH is 1. The molecule has 298 valence electrons. The fraction of sp³-hybridized carbons (Fsp3) is 0.818. The summed E-state index contributed by atoms with van der Waals surface area (Å²) >= 11 is 0. The Hall–Kier alpha value is -1.96. The van der Waals surface area contributed by atoms with Crippen LogP contribution in [0.3, 0.4) is 0 Å². The van der Waals surface area contributed by atoms with Crippen molar-refractivity contribution >= 4 is 11.9 Å². The number of hydrogen-bond acceptors (Lipinski definition) is 7. The number of rotatable bonds is 39. The Morgan fingerprint density at radius 1 is 0.608 bits per heavy atom. The molecule has 0 aliphatic rings. The normalized spacial score (nSPS) is 12.6. The summed E-state index contributed by atoms with van der Waals surface area (Å²) in [4.78, 5) is 26.5. The second-order valence-corrected chi connectivity index (χ2v) is 14.3. The zero-order valence-corrected chi connectivity index (χ0v) is 33.7. The third kappa shape index (κ3) is 39.1. The number of nitrogens with zero attached hydrogens (tertiary/aromatic N) is 1. The van der Waals surface area contributed by atoms with Crippen molar-refractivity contribution in [2.24, 2.45) is 0 Å². The topological polar surface area (TPSA) is 88.1 Å². The van der Waals surface area contributed by atoms with Crippen LogP contribution in [0.15, 0.2) is 36.5 Å². The minimum atomic E-state index is -0.0980. The van der Waals surface area contributed by atoms with Crippen molar-refractivity contribution in [1.82, 2.24) is 10.2 Å². The first-order valence-electron chi connectivity index (χ1n) is 21.3. The van der Waals surface area contributed by atoms with E-state index in [1.54, 1.807) is 0 Å². The minimum Gasteiger partial charge on any atom is -0.466 e. The summed E-state index contributed by atoms with van der Waals surface area (Å²) in [5, 5.41) is 12.9. The Labute approximate surface area is 315 Å². The molecule has 0 rings (SSSR count). The zero-order valence-electron chi connectivity index (χ0n) is 33.7. The number of esters is 2. The maximum absolute atomic E-state index is 12.3. The van der Waals surface area contributed by atoms with Crippen LogP contribution in [0, 0.1) is 0 Å². The van der Waals surface area contributed by atoms with Crippen LogP contribution in [-0.2, 0) is 19.1 Å². The van der Waals surface area contributed by atoms with E-state index >= 15 is 0 Å². The second-order valence-electron chi connectivity index (χ2n) is 14.3. The second kappa shape index (κ2) is 40.8. The Kier molecular flexibility index (Phi) is 39.2. The fourth-order valence-corrected chi connectivity index (χ4v) is 6.04. The van der Waals surface area contributed by atoms with Crippen LogP contribution in [0.5, 0.6) is 0 Å². The maximum Gasteiger partial charge on any atom is 0.306 e. The van der Waals surface area contributed by atoms with E-state index in [-0.39, 0.29) is 18.5 Å². The van der Waals surface area contributed by atoms with Crippen LogP contribution >= 0.6 is 0 Å². The standard InChI is InChI=1S/C44H82N2O5/c1-4-6-8-10-12-14-15-16-17-18-19-20-21-23-28-34-44(49)51-41-31-33-42(45-36-37-46(3)38-39-47)32-27-24-25-29-35-43(48)50-40-30-26-22-13-11-9-7-5-2/h12,14,16-17,26,30,42,45,47H,4-11,13,15,18-25,27-29,31-41H2,1-3H3/b14-12-,17-16-,30-26+. The molecule has 0 saturated heterocycles. The third-order valence-corrected chi connectivity index (χ3v) is 9.36. The van der Waals surface area contributed by atoms with E-state index in [1.807, 2.05) is 13.1 Å². The van der Waals surface area contributed by atoms with Crippen molar-refractivity contribution in [3.8, 4) is 0 Å². The number of aliphatic hydroxyl groups is 1. The summed E-state index contributed by atoms with van der Waals surface area (Å²) < 4.78 is 10.9. The lowest BCUT2D eigenvalue weighted by molar-refractivity contribution is -0.144. The van der Waals surface area contributed by atoms with Gasteiger partial charge in [0.05, 0.1) is 13.2 Å². The molecule has 0 bridgehead atoms. The van der Waals surface area contributed by atoms with Gasteiger partial charge in [-0.05, 0) is 84.1 Å². The Balaban J connectivity index is 4.02. The summed E-state index contributed by atoms with van der Waals surface area (Å²) in [7, 11) is 2.03. The molecule has 0 aromatic heterocycles. The summed E-state index contributed by atoms with van der Waals surface area (Å²) in [6.07, 6.45) is 41.7. The molecular weight excluding hydrogens is 636 g/mol. The van der Waals surface area contributed by atoms with Gasteiger partial charge in [-0.1, -0.05) is 127 Å². The van der Waals surface area contributed by atoms with E-state index in [2.05, 4.69) is 54.4 Å². The first-order valence-corrected chi connectivity index (χ1v) is 21.3. The van der Waals surface area contributed by atoms with Gasteiger partial charge in [0.25, 0.3) is 0 Å². The molecule has 1 atom stereocenters. The van der Waals surface area contributed by atoms with Gasteiger partial charge in [0.1, 0.15) is 6.61 Å². The molecule has 0 radical (unpaired) electrons. The molecule has 0 amide bonds. The monoisotopic (exact) mass is 719 g/mol. The van der Waals surface area contributed by atoms with Gasteiger partial charge in [0.2, 0.25) is 0 Å². The number of allylic oxidation sites excluding steroid dienone is 5. The summed E-state index contributed by atoms with van der Waals surface area (Å²) in [6, 6.07) is 0.372. The number of unbranched alkanes of at least 4 members (excludes halogenated alkanes) is 16. The Morgan fingerprint density at radius 3 is 1.76 bits per heavy atom. The van der Waals surface area contributed by atoms with E-state index in [1.165, 1.54) is 77.0 Å². The smallest absolute Gasteiger partial charge is 0.306 e. The van der Waals surface area contributed by atoms with Crippen molar-refractivity contribution in [2.45, 2.75) is 187 Å². The van der Waals surface area contributed by atoms with Crippen molar-refractivity contribution in [3.63, 3.8) is 0 Å². The third-order valence-electron chi connectivity index (χ3n) is 9.36. The number of carbonyl (C=O) groups is 2. The predicted octanol–water partition coefficient (Wildman–Crippen LogP) is 10.8. The van der Waals surface area contributed by atoms with Crippen LogP contribution in [0.2, 0.25) is 0 Å². The van der Waals surface area contributed by atoms with Gasteiger partial charge in [0.15, 0.2) is 0 Å². The zero-order chi connectivity index (χ0) is 37.3. The molecule has 7 heteroatoms. The molecule has 1 unspecified atom stereocenters. The van der Waals surface area contributed by atoms with Gasteiger partial charge in [-0.25, -0.2) is 0 Å². The highest BCUT2D eigenvalue weighted by Gasteiger charge is 2.10. The van der Waals surface area contributed by atoms with Gasteiger partial charge in [0, 0.05) is 38.5 Å². The fourth-order valence-electron chi connectivity index (χ4n) is 6.04. The molecule has 0 aromatic carbocycles. The molecule has 0 aliphatic carbocycles. The van der Waals surface area contributed by atoms with Crippen LogP contribution in [0.4, 0.5) is 0 Å². The van der Waals surface area contributed by atoms with E-state index < -0.39 is 0 Å². The highest BCUT2D eigenvalue weighted by atomic mass is 16.5. The molecule has 7 nitrogen and oxygen atoms in total. The van der Waals surface area contributed by atoms with Gasteiger partial charge in [-0.15, -0.1) is 0 Å². The van der Waals surface area contributed by atoms with Gasteiger partial charge in [-0.3, -0.25) is 9.59 Å². The number of nitrogens with one attached hydrogen (secondary N) is 1. The van der Waals surface area contributed by atoms with Gasteiger partial charge >= 0.3 is 11.9 Å². The minimum absolute atomic E-state index is 0.0665. The van der Waals surface area contributed by atoms with Crippen LogP contribution in [0.1, 0.15) is 181 Å². The van der Waals surface area contributed by atoms with E-state index in [0.717, 1.165) is 90.1 Å². The lowest BCUT2D eigenvalue weighted by Crippen LogP contribution is -2.37. The first kappa shape index (κ1) is 49.0. The molecule has 0 fully saturated rings. The Morgan fingerprint density at radius 2 is 1.12 bits per heavy atom.